The molecule has 3 aromatic rings. The Hall–Kier alpha value is -3.65. The summed E-state index contributed by atoms with van der Waals surface area (Å²) in [5.74, 6) is -1.48. The fourth-order valence-corrected chi connectivity index (χ4v) is 3.74. The van der Waals surface area contributed by atoms with Crippen molar-refractivity contribution >= 4 is 56.3 Å². The van der Waals surface area contributed by atoms with Crippen molar-refractivity contribution < 1.29 is 24.2 Å². The lowest BCUT2D eigenvalue weighted by Gasteiger charge is -2.27. The Bertz CT molecular complexity index is 1250. The predicted molar refractivity (Wildman–Crippen MR) is 115 cm³/mol. The molecule has 2 N–H and O–H groups in total. The zero-order valence-electron chi connectivity index (χ0n) is 15.7. The smallest absolute Gasteiger partial charge is 0.335 e. The van der Waals surface area contributed by atoms with E-state index in [0.29, 0.717) is 21.1 Å². The van der Waals surface area contributed by atoms with E-state index in [1.54, 1.807) is 24.3 Å². The second-order valence-corrected chi connectivity index (χ2v) is 7.36. The largest absolute Gasteiger partial charge is 0.503 e. The van der Waals surface area contributed by atoms with Gasteiger partial charge < -0.3 is 9.84 Å². The molecule has 8 heteroatoms. The summed E-state index contributed by atoms with van der Waals surface area (Å²) in [6.07, 6.45) is 1.34. The zero-order valence-corrected chi connectivity index (χ0v) is 17.3. The molecule has 7 nitrogen and oxygen atoms in total. The lowest BCUT2D eigenvalue weighted by atomic mass is 10.0. The van der Waals surface area contributed by atoms with Gasteiger partial charge in [0.15, 0.2) is 11.5 Å². The summed E-state index contributed by atoms with van der Waals surface area (Å²) in [5, 5.41) is 13.7. The van der Waals surface area contributed by atoms with Crippen LogP contribution in [0.4, 0.5) is 10.5 Å². The van der Waals surface area contributed by atoms with Crippen LogP contribution in [0.3, 0.4) is 0 Å². The summed E-state index contributed by atoms with van der Waals surface area (Å²) in [4.78, 5) is 39.1. The van der Waals surface area contributed by atoms with Gasteiger partial charge in [0.05, 0.1) is 17.3 Å². The van der Waals surface area contributed by atoms with Gasteiger partial charge in [0.2, 0.25) is 0 Å². The molecule has 0 bridgehead atoms. The number of benzene rings is 3. The zero-order chi connectivity index (χ0) is 21.4. The molecule has 0 spiro atoms. The number of fused-ring (bicyclic) bond motifs is 1. The molecule has 4 rings (SSSR count). The van der Waals surface area contributed by atoms with Crippen molar-refractivity contribution in [2.45, 2.75) is 0 Å². The molecule has 0 atom stereocenters. The number of ether oxygens (including phenoxy) is 1. The number of carbonyl (C=O) groups is 3. The highest BCUT2D eigenvalue weighted by molar-refractivity contribution is 9.10. The first-order chi connectivity index (χ1) is 14.4. The fourth-order valence-electron chi connectivity index (χ4n) is 3.28. The standard InChI is InChI=1S/C22H15BrN2O5/c1-30-18-11-12(10-16(23)19(18)26)9-15-20(27)24-22(29)25(21(15)28)17-8-4-6-13-5-2-3-7-14(13)17/h2-11,26H,1H3,(H,24,27,29). The van der Waals surface area contributed by atoms with Crippen LogP contribution in [-0.2, 0) is 9.59 Å². The molecular formula is C22H15BrN2O5. The highest BCUT2D eigenvalue weighted by atomic mass is 79.9. The average Bonchev–Trinajstić information content (AvgIpc) is 2.73. The number of anilines is 1. The summed E-state index contributed by atoms with van der Waals surface area (Å²) in [6.45, 7) is 0. The lowest BCUT2D eigenvalue weighted by Crippen LogP contribution is -2.54. The van der Waals surface area contributed by atoms with Crippen molar-refractivity contribution in [1.82, 2.24) is 5.32 Å². The van der Waals surface area contributed by atoms with Gasteiger partial charge in [-0.2, -0.15) is 0 Å². The molecule has 0 aromatic heterocycles. The fraction of sp³-hybridized carbons (Fsp3) is 0.0455. The van der Waals surface area contributed by atoms with Crippen LogP contribution < -0.4 is 15.0 Å². The van der Waals surface area contributed by atoms with E-state index < -0.39 is 17.8 Å². The molecular weight excluding hydrogens is 452 g/mol. The highest BCUT2D eigenvalue weighted by Crippen LogP contribution is 2.36. The molecule has 0 saturated carbocycles. The Morgan fingerprint density at radius 2 is 1.80 bits per heavy atom. The second-order valence-electron chi connectivity index (χ2n) is 6.51. The summed E-state index contributed by atoms with van der Waals surface area (Å²) in [5.41, 5.74) is 0.586. The topological polar surface area (TPSA) is 95.9 Å². The van der Waals surface area contributed by atoms with Crippen molar-refractivity contribution in [1.29, 1.82) is 0 Å². The van der Waals surface area contributed by atoms with Crippen molar-refractivity contribution in [2.75, 3.05) is 12.0 Å². The van der Waals surface area contributed by atoms with Crippen LogP contribution in [0, 0.1) is 0 Å². The van der Waals surface area contributed by atoms with Gasteiger partial charge in [0, 0.05) is 5.39 Å². The molecule has 1 aliphatic rings. The Balaban J connectivity index is 1.82. The molecule has 4 amide bonds. The van der Waals surface area contributed by atoms with Crippen LogP contribution >= 0.6 is 15.9 Å². The maximum atomic E-state index is 13.2. The monoisotopic (exact) mass is 466 g/mol. The molecule has 0 aliphatic carbocycles. The minimum atomic E-state index is -0.817. The number of halogens is 1. The molecule has 150 valence electrons. The average molecular weight is 467 g/mol. The van der Waals surface area contributed by atoms with E-state index in [1.165, 1.54) is 25.3 Å². The van der Waals surface area contributed by atoms with E-state index in [0.717, 1.165) is 10.3 Å². The van der Waals surface area contributed by atoms with Crippen LogP contribution in [-0.4, -0.2) is 30.1 Å². The molecule has 30 heavy (non-hydrogen) atoms. The Labute approximate surface area is 179 Å². The number of rotatable bonds is 3. The number of aromatic hydroxyl groups is 1. The van der Waals surface area contributed by atoms with E-state index in [4.69, 9.17) is 4.74 Å². The Kier molecular flexibility index (Phi) is 5.01. The van der Waals surface area contributed by atoms with Crippen molar-refractivity contribution in [2.24, 2.45) is 0 Å². The molecule has 0 unspecified atom stereocenters. The van der Waals surface area contributed by atoms with Crippen LogP contribution in [0.25, 0.3) is 16.8 Å². The van der Waals surface area contributed by atoms with Gasteiger partial charge in [-0.3, -0.25) is 14.9 Å². The summed E-state index contributed by atoms with van der Waals surface area (Å²) < 4.78 is 5.44. The van der Waals surface area contributed by atoms with Crippen LogP contribution in [0.15, 0.2) is 64.6 Å². The first-order valence-electron chi connectivity index (χ1n) is 8.86. The molecule has 1 aliphatic heterocycles. The number of amides is 4. The Morgan fingerprint density at radius 1 is 1.07 bits per heavy atom. The van der Waals surface area contributed by atoms with Crippen molar-refractivity contribution in [3.05, 3.63) is 70.2 Å². The summed E-state index contributed by atoms with van der Waals surface area (Å²) in [7, 11) is 1.39. The van der Waals surface area contributed by atoms with Crippen LogP contribution in [0.1, 0.15) is 5.56 Å². The summed E-state index contributed by atoms with van der Waals surface area (Å²) >= 11 is 3.21. The quantitative estimate of drug-likeness (QED) is 0.449. The van der Waals surface area contributed by atoms with Crippen LogP contribution in [0.2, 0.25) is 0 Å². The van der Waals surface area contributed by atoms with Gasteiger partial charge in [0.1, 0.15) is 5.57 Å². The number of phenolic OH excluding ortho intramolecular Hbond substituents is 1. The number of nitrogens with zero attached hydrogens (tertiary/aromatic N) is 1. The molecule has 1 fully saturated rings. The van der Waals surface area contributed by atoms with Crippen molar-refractivity contribution in [3.63, 3.8) is 0 Å². The first kappa shape index (κ1) is 19.7. The van der Waals surface area contributed by atoms with Gasteiger partial charge in [-0.15, -0.1) is 0 Å². The summed E-state index contributed by atoms with van der Waals surface area (Å²) in [6, 6.07) is 14.8. The number of barbiturate groups is 1. The molecule has 0 radical (unpaired) electrons. The molecule has 1 heterocycles. The number of urea groups is 1. The lowest BCUT2D eigenvalue weighted by molar-refractivity contribution is -0.122. The van der Waals surface area contributed by atoms with E-state index in [1.807, 2.05) is 18.2 Å². The molecule has 1 saturated heterocycles. The number of phenols is 1. The third kappa shape index (κ3) is 3.31. The number of nitrogens with one attached hydrogen (secondary N) is 1. The number of hydrogen-bond donors (Lipinski definition) is 2. The van der Waals surface area contributed by atoms with Crippen molar-refractivity contribution in [3.8, 4) is 11.5 Å². The third-order valence-electron chi connectivity index (χ3n) is 4.69. The number of hydrogen-bond acceptors (Lipinski definition) is 5. The highest BCUT2D eigenvalue weighted by Gasteiger charge is 2.37. The van der Waals surface area contributed by atoms with Crippen LogP contribution in [0.5, 0.6) is 11.5 Å². The van der Waals surface area contributed by atoms with E-state index >= 15 is 0 Å². The Morgan fingerprint density at radius 3 is 2.57 bits per heavy atom. The SMILES string of the molecule is COc1cc(C=C2C(=O)NC(=O)N(c3cccc4ccccc34)C2=O)cc(Br)c1O. The minimum Gasteiger partial charge on any atom is -0.503 e. The van der Waals surface area contributed by atoms with Gasteiger partial charge in [-0.1, -0.05) is 36.4 Å². The van der Waals surface area contributed by atoms with Gasteiger partial charge in [0.25, 0.3) is 11.8 Å². The van der Waals surface area contributed by atoms with Gasteiger partial charge in [-0.05, 0) is 51.2 Å². The maximum Gasteiger partial charge on any atom is 0.335 e. The number of carbonyl (C=O) groups excluding carboxylic acids is 3. The molecule has 3 aromatic carbocycles. The first-order valence-corrected chi connectivity index (χ1v) is 9.65. The minimum absolute atomic E-state index is 0.105. The van der Waals surface area contributed by atoms with E-state index in [9.17, 15) is 19.5 Å². The maximum absolute atomic E-state index is 13.2. The van der Waals surface area contributed by atoms with Gasteiger partial charge >= 0.3 is 6.03 Å². The number of imide groups is 2. The normalized spacial score (nSPS) is 15.6. The predicted octanol–water partition coefficient (Wildman–Crippen LogP) is 3.98. The van der Waals surface area contributed by atoms with Gasteiger partial charge in [-0.25, -0.2) is 9.69 Å². The second kappa shape index (κ2) is 7.64. The number of methoxy groups -OCH3 is 1. The van der Waals surface area contributed by atoms with E-state index in [-0.39, 0.29) is 17.1 Å². The third-order valence-corrected chi connectivity index (χ3v) is 5.30. The van der Waals surface area contributed by atoms with E-state index in [2.05, 4.69) is 21.2 Å².